The van der Waals surface area contributed by atoms with E-state index in [9.17, 15) is 9.59 Å². The number of rotatable bonds is 1. The summed E-state index contributed by atoms with van der Waals surface area (Å²) in [6.07, 6.45) is 0.746. The number of hydrogen-bond acceptors (Lipinski definition) is 2. The molecule has 1 atom stereocenters. The van der Waals surface area contributed by atoms with E-state index < -0.39 is 6.10 Å². The third-order valence-corrected chi connectivity index (χ3v) is 2.03. The summed E-state index contributed by atoms with van der Waals surface area (Å²) in [5.41, 5.74) is 0.898. The Balaban J connectivity index is 2.80. The van der Waals surface area contributed by atoms with Gasteiger partial charge in [0.15, 0.2) is 0 Å². The maximum absolute atomic E-state index is 13.1. The molecule has 1 heterocycles. The van der Waals surface area contributed by atoms with Crippen LogP contribution in [0.15, 0.2) is 24.4 Å². The molecule has 0 aliphatic carbocycles. The van der Waals surface area contributed by atoms with E-state index in [1.165, 1.54) is 6.20 Å². The lowest BCUT2D eigenvalue weighted by Gasteiger charge is -2.05. The van der Waals surface area contributed by atoms with Crippen molar-refractivity contribution in [2.45, 2.75) is 13.0 Å². The van der Waals surface area contributed by atoms with E-state index in [-0.39, 0.29) is 4.90 Å². The maximum Gasteiger partial charge on any atom is 0.110 e. The van der Waals surface area contributed by atoms with Gasteiger partial charge in [0, 0.05) is 10.9 Å². The Labute approximate surface area is 74.3 Å². The van der Waals surface area contributed by atoms with Gasteiger partial charge >= 0.3 is 0 Å². The molecule has 1 aromatic carbocycles. The summed E-state index contributed by atoms with van der Waals surface area (Å²) >= 11 is 0. The van der Waals surface area contributed by atoms with Crippen molar-refractivity contribution in [2.75, 3.05) is 0 Å². The molecule has 68 valence electrons. The summed E-state index contributed by atoms with van der Waals surface area (Å²) in [6, 6.07) is 5.21. The summed E-state index contributed by atoms with van der Waals surface area (Å²) in [4.78, 5) is 0.289. The minimum Gasteiger partial charge on any atom is -0.389 e. The molecule has 4 heteroatoms. The smallest absolute Gasteiger partial charge is 0.110 e. The van der Waals surface area contributed by atoms with Crippen LogP contribution < -0.4 is 0 Å². The zero-order valence-corrected chi connectivity index (χ0v) is 7.11. The topological polar surface area (TPSA) is 38.1 Å². The quantitative estimate of drug-likeness (QED) is 0.726. The highest BCUT2D eigenvalue weighted by Gasteiger charge is 2.10. The predicted molar refractivity (Wildman–Crippen MR) is 46.9 cm³/mol. The van der Waals surface area contributed by atoms with Gasteiger partial charge in [-0.1, -0.05) is 27.6 Å². The number of nitrogens with zero attached hydrogens (tertiary/aromatic N) is 2. The maximum atomic E-state index is 13.1. The fraction of sp³-hybridized carbons (Fsp3) is 0.222. The van der Waals surface area contributed by atoms with Crippen molar-refractivity contribution >= 4 is 10.9 Å². The number of aliphatic hydroxyl groups is 1. The molecule has 0 saturated carbocycles. The second-order valence-corrected chi connectivity index (χ2v) is 2.97. The molecule has 0 amide bonds. The van der Waals surface area contributed by atoms with Gasteiger partial charge in [-0.25, -0.2) is 0 Å². The average Bonchev–Trinajstić information content (AvgIpc) is 2.48. The SMILES string of the molecule is CC(O)c1cccc2cnn(F)c12. The van der Waals surface area contributed by atoms with E-state index in [0.717, 1.165) is 0 Å². The molecule has 0 spiro atoms. The third-order valence-electron chi connectivity index (χ3n) is 2.03. The van der Waals surface area contributed by atoms with Crippen LogP contribution >= 0.6 is 0 Å². The number of hydrogen-bond donors (Lipinski definition) is 1. The summed E-state index contributed by atoms with van der Waals surface area (Å²) in [6.45, 7) is 1.60. The Kier molecular flexibility index (Phi) is 1.77. The number of fused-ring (bicyclic) bond motifs is 1. The molecule has 0 aliphatic heterocycles. The molecular weight excluding hydrogens is 171 g/mol. The number of halogens is 1. The largest absolute Gasteiger partial charge is 0.389 e. The highest BCUT2D eigenvalue weighted by Crippen LogP contribution is 2.23. The lowest BCUT2D eigenvalue weighted by molar-refractivity contribution is 0.199. The monoisotopic (exact) mass is 180 g/mol. The Morgan fingerprint density at radius 1 is 1.54 bits per heavy atom. The van der Waals surface area contributed by atoms with Crippen molar-refractivity contribution in [1.82, 2.24) is 10.0 Å². The second-order valence-electron chi connectivity index (χ2n) is 2.97. The molecule has 1 aromatic heterocycles. The van der Waals surface area contributed by atoms with Crippen LogP contribution in [0, 0.1) is 0 Å². The van der Waals surface area contributed by atoms with Crippen LogP contribution in [-0.4, -0.2) is 15.1 Å². The first-order valence-electron chi connectivity index (χ1n) is 4.01. The molecule has 1 unspecified atom stereocenters. The molecule has 13 heavy (non-hydrogen) atoms. The average molecular weight is 180 g/mol. The predicted octanol–water partition coefficient (Wildman–Crippen LogP) is 1.82. The van der Waals surface area contributed by atoms with Crippen LogP contribution in [0.4, 0.5) is 4.48 Å². The molecule has 2 rings (SSSR count). The van der Waals surface area contributed by atoms with Crippen LogP contribution in [0.5, 0.6) is 0 Å². The van der Waals surface area contributed by atoms with Crippen LogP contribution in [0.25, 0.3) is 10.9 Å². The van der Waals surface area contributed by atoms with Gasteiger partial charge in [-0.05, 0) is 6.92 Å². The van der Waals surface area contributed by atoms with Gasteiger partial charge < -0.3 is 5.11 Å². The van der Waals surface area contributed by atoms with Crippen LogP contribution in [0.3, 0.4) is 0 Å². The van der Waals surface area contributed by atoms with Gasteiger partial charge in [-0.3, -0.25) is 0 Å². The lowest BCUT2D eigenvalue weighted by Crippen LogP contribution is -1.95. The molecule has 0 bridgehead atoms. The zero-order chi connectivity index (χ0) is 9.42. The summed E-state index contributed by atoms with van der Waals surface area (Å²) in [7, 11) is 0. The van der Waals surface area contributed by atoms with E-state index in [0.29, 0.717) is 16.5 Å². The van der Waals surface area contributed by atoms with Crippen LogP contribution in [0.1, 0.15) is 18.6 Å². The first kappa shape index (κ1) is 8.19. The van der Waals surface area contributed by atoms with E-state index in [1.807, 2.05) is 0 Å². The standard InChI is InChI=1S/C9H9FN2O/c1-6(13)8-4-2-3-7-5-11-12(10)9(7)8/h2-6,13H,1H3. The fourth-order valence-electron chi connectivity index (χ4n) is 1.40. The number of para-hydroxylation sites is 1. The van der Waals surface area contributed by atoms with Gasteiger partial charge in [0.05, 0.1) is 12.3 Å². The van der Waals surface area contributed by atoms with Gasteiger partial charge in [-0.15, -0.1) is 5.10 Å². The van der Waals surface area contributed by atoms with Gasteiger partial charge in [0.25, 0.3) is 0 Å². The van der Waals surface area contributed by atoms with E-state index in [2.05, 4.69) is 5.10 Å². The van der Waals surface area contributed by atoms with E-state index in [1.54, 1.807) is 25.1 Å². The van der Waals surface area contributed by atoms with Gasteiger partial charge in [0.2, 0.25) is 0 Å². The summed E-state index contributed by atoms with van der Waals surface area (Å²) < 4.78 is 13.1. The highest BCUT2D eigenvalue weighted by atomic mass is 19.2. The van der Waals surface area contributed by atoms with Crippen molar-refractivity contribution in [1.29, 1.82) is 0 Å². The molecular formula is C9H9FN2O. The van der Waals surface area contributed by atoms with Crippen molar-refractivity contribution < 1.29 is 9.59 Å². The molecule has 1 N–H and O–H groups in total. The normalized spacial score (nSPS) is 13.5. The van der Waals surface area contributed by atoms with E-state index in [4.69, 9.17) is 0 Å². The number of aromatic nitrogens is 2. The van der Waals surface area contributed by atoms with Gasteiger partial charge in [0.1, 0.15) is 5.52 Å². The lowest BCUT2D eigenvalue weighted by atomic mass is 10.1. The van der Waals surface area contributed by atoms with Crippen LogP contribution in [-0.2, 0) is 0 Å². The fourth-order valence-corrected chi connectivity index (χ4v) is 1.40. The number of aliphatic hydroxyl groups excluding tert-OH is 1. The summed E-state index contributed by atoms with van der Waals surface area (Å²) in [5, 5.41) is 13.5. The van der Waals surface area contributed by atoms with Crippen molar-refractivity contribution in [3.8, 4) is 0 Å². The molecule has 0 aliphatic rings. The first-order valence-corrected chi connectivity index (χ1v) is 4.01. The van der Waals surface area contributed by atoms with Crippen molar-refractivity contribution in [3.05, 3.63) is 30.0 Å². The van der Waals surface area contributed by atoms with Crippen molar-refractivity contribution in [2.24, 2.45) is 0 Å². The Morgan fingerprint density at radius 2 is 2.31 bits per heavy atom. The highest BCUT2D eigenvalue weighted by molar-refractivity contribution is 5.81. The Hall–Kier alpha value is -1.42. The Morgan fingerprint density at radius 3 is 3.00 bits per heavy atom. The molecule has 3 nitrogen and oxygen atoms in total. The third kappa shape index (κ3) is 1.19. The second kappa shape index (κ2) is 2.81. The van der Waals surface area contributed by atoms with Crippen molar-refractivity contribution in [3.63, 3.8) is 0 Å². The van der Waals surface area contributed by atoms with Crippen LogP contribution in [0.2, 0.25) is 0 Å². The molecule has 0 saturated heterocycles. The molecule has 0 fully saturated rings. The minimum absolute atomic E-state index is 0.289. The first-order chi connectivity index (χ1) is 6.20. The zero-order valence-electron chi connectivity index (χ0n) is 7.11. The Bertz CT molecular complexity index is 436. The minimum atomic E-state index is -0.685. The number of benzene rings is 1. The summed E-state index contributed by atoms with van der Waals surface area (Å²) in [5.74, 6) is 0. The van der Waals surface area contributed by atoms with Gasteiger partial charge in [-0.2, -0.15) is 0 Å². The molecule has 0 radical (unpaired) electrons. The van der Waals surface area contributed by atoms with E-state index >= 15 is 0 Å². The molecule has 2 aromatic rings.